The number of rotatable bonds is 2. The maximum absolute atomic E-state index is 11.1. The fourth-order valence-electron chi connectivity index (χ4n) is 1.58. The number of ether oxygens (including phenoxy) is 1. The van der Waals surface area contributed by atoms with Crippen molar-refractivity contribution in [1.29, 1.82) is 0 Å². The standard InChI is InChI=1S/C8H13NO4/c1-4-5(8(12)13-2)3-6(9-4)7(10)11/h4-6,9H,3H2,1-2H3,(H,10,11)/t4-,5-,6-/m0/s1. The zero-order valence-electron chi connectivity index (χ0n) is 7.61. The lowest BCUT2D eigenvalue weighted by Crippen LogP contribution is -2.35. The average molecular weight is 187 g/mol. The summed E-state index contributed by atoms with van der Waals surface area (Å²) in [4.78, 5) is 21.7. The first-order chi connectivity index (χ1) is 6.06. The molecule has 0 unspecified atom stereocenters. The number of carbonyl (C=O) groups excluding carboxylic acids is 1. The summed E-state index contributed by atoms with van der Waals surface area (Å²) in [6.07, 6.45) is 0.309. The normalized spacial score (nSPS) is 32.9. The summed E-state index contributed by atoms with van der Waals surface area (Å²) in [7, 11) is 1.31. The molecule has 0 amide bonds. The quantitative estimate of drug-likeness (QED) is 0.576. The molecule has 1 rings (SSSR count). The van der Waals surface area contributed by atoms with Crippen molar-refractivity contribution in [3.05, 3.63) is 0 Å². The van der Waals surface area contributed by atoms with Crippen LogP contribution in [0.5, 0.6) is 0 Å². The molecule has 0 saturated carbocycles. The second-order valence-corrected chi connectivity index (χ2v) is 3.21. The van der Waals surface area contributed by atoms with Crippen molar-refractivity contribution >= 4 is 11.9 Å². The van der Waals surface area contributed by atoms with E-state index in [9.17, 15) is 9.59 Å². The number of aliphatic carboxylic acids is 1. The fourth-order valence-corrected chi connectivity index (χ4v) is 1.58. The van der Waals surface area contributed by atoms with Gasteiger partial charge >= 0.3 is 11.9 Å². The highest BCUT2D eigenvalue weighted by Crippen LogP contribution is 2.21. The third-order valence-corrected chi connectivity index (χ3v) is 2.36. The number of carboxylic acids is 1. The van der Waals surface area contributed by atoms with E-state index in [2.05, 4.69) is 10.1 Å². The largest absolute Gasteiger partial charge is 0.480 e. The van der Waals surface area contributed by atoms with Crippen LogP contribution in [0.3, 0.4) is 0 Å². The van der Waals surface area contributed by atoms with Crippen LogP contribution in [0.4, 0.5) is 0 Å². The second kappa shape index (κ2) is 3.74. The SMILES string of the molecule is COC(=O)[C@H]1C[C@@H](C(=O)O)N[C@H]1C. The Morgan fingerprint density at radius 1 is 1.54 bits per heavy atom. The van der Waals surface area contributed by atoms with Gasteiger partial charge in [-0.2, -0.15) is 0 Å². The lowest BCUT2D eigenvalue weighted by Gasteiger charge is -2.10. The van der Waals surface area contributed by atoms with Crippen LogP contribution in [-0.4, -0.2) is 36.2 Å². The van der Waals surface area contributed by atoms with Crippen LogP contribution in [-0.2, 0) is 14.3 Å². The predicted octanol–water partition coefficient (Wildman–Crippen LogP) is -0.389. The maximum atomic E-state index is 11.1. The van der Waals surface area contributed by atoms with Gasteiger partial charge in [0.05, 0.1) is 13.0 Å². The van der Waals surface area contributed by atoms with Crippen molar-refractivity contribution in [1.82, 2.24) is 5.32 Å². The minimum Gasteiger partial charge on any atom is -0.480 e. The van der Waals surface area contributed by atoms with Gasteiger partial charge in [-0.15, -0.1) is 0 Å². The summed E-state index contributed by atoms with van der Waals surface area (Å²) in [5.74, 6) is -1.60. The van der Waals surface area contributed by atoms with Gasteiger partial charge in [-0.3, -0.25) is 9.59 Å². The molecule has 5 heteroatoms. The molecule has 0 aromatic heterocycles. The lowest BCUT2D eigenvalue weighted by atomic mass is 10.0. The van der Waals surface area contributed by atoms with Gasteiger partial charge in [0, 0.05) is 6.04 Å². The molecule has 1 heterocycles. The molecule has 0 radical (unpaired) electrons. The van der Waals surface area contributed by atoms with E-state index in [1.165, 1.54) is 7.11 Å². The Hall–Kier alpha value is -1.10. The Balaban J connectivity index is 2.61. The summed E-state index contributed by atoms with van der Waals surface area (Å²) in [5.41, 5.74) is 0. The Kier molecular flexibility index (Phi) is 2.87. The fraction of sp³-hybridized carbons (Fsp3) is 0.750. The Morgan fingerprint density at radius 2 is 2.15 bits per heavy atom. The molecule has 1 aliphatic rings. The van der Waals surface area contributed by atoms with Gasteiger partial charge in [0.1, 0.15) is 6.04 Å². The molecule has 3 atom stereocenters. The van der Waals surface area contributed by atoms with E-state index in [0.717, 1.165) is 0 Å². The molecule has 0 aromatic carbocycles. The molecule has 1 saturated heterocycles. The first kappa shape index (κ1) is 9.98. The molecule has 2 N–H and O–H groups in total. The Morgan fingerprint density at radius 3 is 2.54 bits per heavy atom. The van der Waals surface area contributed by atoms with Gasteiger partial charge in [-0.05, 0) is 13.3 Å². The summed E-state index contributed by atoms with van der Waals surface area (Å²) in [5, 5.41) is 11.5. The smallest absolute Gasteiger partial charge is 0.320 e. The van der Waals surface area contributed by atoms with Crippen molar-refractivity contribution in [3.63, 3.8) is 0 Å². The molecule has 5 nitrogen and oxygen atoms in total. The van der Waals surface area contributed by atoms with Gasteiger partial charge in [-0.25, -0.2) is 0 Å². The number of nitrogens with one attached hydrogen (secondary N) is 1. The highest BCUT2D eigenvalue weighted by atomic mass is 16.5. The number of esters is 1. The first-order valence-corrected chi connectivity index (χ1v) is 4.13. The van der Waals surface area contributed by atoms with Gasteiger partial charge in [0.2, 0.25) is 0 Å². The van der Waals surface area contributed by atoms with Crippen LogP contribution >= 0.6 is 0 Å². The number of carboxylic acid groups (broad SMARTS) is 1. The highest BCUT2D eigenvalue weighted by molar-refractivity contribution is 5.79. The van der Waals surface area contributed by atoms with E-state index in [1.54, 1.807) is 6.92 Å². The van der Waals surface area contributed by atoms with E-state index in [0.29, 0.717) is 6.42 Å². The van der Waals surface area contributed by atoms with Crippen LogP contribution in [0.1, 0.15) is 13.3 Å². The van der Waals surface area contributed by atoms with Crippen LogP contribution < -0.4 is 5.32 Å². The molecular weight excluding hydrogens is 174 g/mol. The summed E-state index contributed by atoms with van der Waals surface area (Å²) < 4.78 is 4.56. The Labute approximate surface area is 76.1 Å². The highest BCUT2D eigenvalue weighted by Gasteiger charge is 2.39. The molecule has 1 fully saturated rings. The van der Waals surface area contributed by atoms with Gasteiger partial charge in [0.15, 0.2) is 0 Å². The minimum atomic E-state index is -0.918. The number of carbonyl (C=O) groups is 2. The second-order valence-electron chi connectivity index (χ2n) is 3.21. The first-order valence-electron chi connectivity index (χ1n) is 4.13. The predicted molar refractivity (Wildman–Crippen MR) is 44.1 cm³/mol. The average Bonchev–Trinajstić information content (AvgIpc) is 2.46. The van der Waals surface area contributed by atoms with Gasteiger partial charge in [-0.1, -0.05) is 0 Å². The third-order valence-electron chi connectivity index (χ3n) is 2.36. The van der Waals surface area contributed by atoms with E-state index < -0.39 is 12.0 Å². The molecular formula is C8H13NO4. The summed E-state index contributed by atoms with van der Waals surface area (Å²) in [6, 6.07) is -0.757. The topological polar surface area (TPSA) is 75.6 Å². The zero-order valence-corrected chi connectivity index (χ0v) is 7.61. The molecule has 0 aliphatic carbocycles. The van der Waals surface area contributed by atoms with Crippen molar-refractivity contribution in [2.24, 2.45) is 5.92 Å². The molecule has 0 spiro atoms. The number of hydrogen-bond donors (Lipinski definition) is 2. The lowest BCUT2D eigenvalue weighted by molar-refractivity contribution is -0.145. The molecule has 74 valence electrons. The molecule has 0 aromatic rings. The van der Waals surface area contributed by atoms with E-state index in [1.807, 2.05) is 0 Å². The van der Waals surface area contributed by atoms with Crippen LogP contribution in [0.15, 0.2) is 0 Å². The van der Waals surface area contributed by atoms with Crippen LogP contribution in [0, 0.1) is 5.92 Å². The van der Waals surface area contributed by atoms with Crippen molar-refractivity contribution in [3.8, 4) is 0 Å². The third kappa shape index (κ3) is 1.98. The summed E-state index contributed by atoms with van der Waals surface area (Å²) >= 11 is 0. The van der Waals surface area contributed by atoms with Crippen molar-refractivity contribution < 1.29 is 19.4 Å². The van der Waals surface area contributed by atoms with E-state index in [-0.39, 0.29) is 17.9 Å². The van der Waals surface area contributed by atoms with Crippen LogP contribution in [0.25, 0.3) is 0 Å². The van der Waals surface area contributed by atoms with Gasteiger partial charge < -0.3 is 15.2 Å². The zero-order chi connectivity index (χ0) is 10.0. The number of methoxy groups -OCH3 is 1. The van der Waals surface area contributed by atoms with Crippen LogP contribution in [0.2, 0.25) is 0 Å². The molecule has 1 aliphatic heterocycles. The maximum Gasteiger partial charge on any atom is 0.320 e. The van der Waals surface area contributed by atoms with Gasteiger partial charge in [0.25, 0.3) is 0 Å². The van der Waals surface area contributed by atoms with Crippen molar-refractivity contribution in [2.75, 3.05) is 7.11 Å². The number of hydrogen-bond acceptors (Lipinski definition) is 4. The monoisotopic (exact) mass is 187 g/mol. The van der Waals surface area contributed by atoms with Crippen molar-refractivity contribution in [2.45, 2.75) is 25.4 Å². The molecule has 0 bridgehead atoms. The summed E-state index contributed by atoms with van der Waals surface area (Å²) in [6.45, 7) is 1.78. The van der Waals surface area contributed by atoms with E-state index in [4.69, 9.17) is 5.11 Å². The molecule has 13 heavy (non-hydrogen) atoms. The minimum absolute atomic E-state index is 0.131. The Bertz CT molecular complexity index is 228. The van der Waals surface area contributed by atoms with E-state index >= 15 is 0 Å².